The number of nitrogens with zero attached hydrogens (tertiary/aromatic N) is 2. The van der Waals surface area contributed by atoms with Crippen LogP contribution in [0.5, 0.6) is 0 Å². The van der Waals surface area contributed by atoms with Crippen molar-refractivity contribution in [2.24, 2.45) is 9.98 Å². The van der Waals surface area contributed by atoms with Gasteiger partial charge in [-0.1, -0.05) is 6.07 Å². The van der Waals surface area contributed by atoms with Crippen molar-refractivity contribution in [1.82, 2.24) is 0 Å². The quantitative estimate of drug-likeness (QED) is 0.557. The molecule has 1 heterocycles. The van der Waals surface area contributed by atoms with Gasteiger partial charge >= 0.3 is 0 Å². The number of hydrogen-bond acceptors (Lipinski definition) is 4. The SMILES string of the molecule is CN=C(OC)c1cccc(C2=NCCO2)c1. The largest absolute Gasteiger partial charge is 0.481 e. The van der Waals surface area contributed by atoms with Crippen molar-refractivity contribution in [2.75, 3.05) is 27.3 Å². The van der Waals surface area contributed by atoms with Gasteiger partial charge in [-0.25, -0.2) is 4.99 Å². The number of hydrogen-bond donors (Lipinski definition) is 0. The van der Waals surface area contributed by atoms with Gasteiger partial charge in [0, 0.05) is 18.2 Å². The van der Waals surface area contributed by atoms with Crippen molar-refractivity contribution in [2.45, 2.75) is 0 Å². The molecular weight excluding hydrogens is 204 g/mol. The highest BCUT2D eigenvalue weighted by Crippen LogP contribution is 2.11. The molecule has 1 aromatic carbocycles. The van der Waals surface area contributed by atoms with Crippen molar-refractivity contribution in [1.29, 1.82) is 0 Å². The first-order chi connectivity index (χ1) is 7.85. The summed E-state index contributed by atoms with van der Waals surface area (Å²) in [7, 11) is 3.31. The van der Waals surface area contributed by atoms with Gasteiger partial charge in [0.1, 0.15) is 6.61 Å². The fourth-order valence-electron chi connectivity index (χ4n) is 1.63. The van der Waals surface area contributed by atoms with Crippen LogP contribution in [-0.2, 0) is 9.47 Å². The zero-order chi connectivity index (χ0) is 11.4. The second kappa shape index (κ2) is 4.79. The van der Waals surface area contributed by atoms with Crippen LogP contribution >= 0.6 is 0 Å². The predicted octanol–water partition coefficient (Wildman–Crippen LogP) is 1.49. The Morgan fingerprint density at radius 3 is 3.00 bits per heavy atom. The Morgan fingerprint density at radius 1 is 1.50 bits per heavy atom. The summed E-state index contributed by atoms with van der Waals surface area (Å²) in [6, 6.07) is 7.83. The first-order valence-electron chi connectivity index (χ1n) is 5.14. The van der Waals surface area contributed by atoms with Gasteiger partial charge in [-0.15, -0.1) is 0 Å². The van der Waals surface area contributed by atoms with Crippen LogP contribution in [0.25, 0.3) is 0 Å². The summed E-state index contributed by atoms with van der Waals surface area (Å²) in [5, 5.41) is 0. The maximum Gasteiger partial charge on any atom is 0.216 e. The minimum atomic E-state index is 0.612. The van der Waals surface area contributed by atoms with Crippen molar-refractivity contribution in [3.63, 3.8) is 0 Å². The molecular formula is C12H14N2O2. The van der Waals surface area contributed by atoms with Gasteiger partial charge in [-0.3, -0.25) is 4.99 Å². The van der Waals surface area contributed by atoms with Gasteiger partial charge in [-0.2, -0.15) is 0 Å². The zero-order valence-corrected chi connectivity index (χ0v) is 9.43. The van der Waals surface area contributed by atoms with Crippen molar-refractivity contribution in [3.8, 4) is 0 Å². The van der Waals surface area contributed by atoms with E-state index in [-0.39, 0.29) is 0 Å². The normalized spacial score (nSPS) is 15.6. The maximum absolute atomic E-state index is 5.41. The van der Waals surface area contributed by atoms with E-state index in [0.29, 0.717) is 18.4 Å². The number of rotatable bonds is 2. The minimum absolute atomic E-state index is 0.612. The molecule has 0 atom stereocenters. The topological polar surface area (TPSA) is 43.2 Å². The fourth-order valence-corrected chi connectivity index (χ4v) is 1.63. The molecule has 0 spiro atoms. The molecule has 2 rings (SSSR count). The van der Waals surface area contributed by atoms with Crippen LogP contribution in [0.15, 0.2) is 34.3 Å². The third-order valence-electron chi connectivity index (χ3n) is 2.34. The van der Waals surface area contributed by atoms with Crippen molar-refractivity contribution < 1.29 is 9.47 Å². The lowest BCUT2D eigenvalue weighted by molar-refractivity contribution is 0.348. The van der Waals surface area contributed by atoms with Gasteiger partial charge in [0.05, 0.1) is 13.7 Å². The Balaban J connectivity index is 2.32. The molecule has 0 fully saturated rings. The highest BCUT2D eigenvalue weighted by molar-refractivity contribution is 5.99. The van der Waals surface area contributed by atoms with Gasteiger partial charge in [0.15, 0.2) is 0 Å². The van der Waals surface area contributed by atoms with Gasteiger partial charge < -0.3 is 9.47 Å². The van der Waals surface area contributed by atoms with Gasteiger partial charge in [0.2, 0.25) is 11.8 Å². The molecule has 0 aliphatic carbocycles. The highest BCUT2D eigenvalue weighted by Gasteiger charge is 2.11. The van der Waals surface area contributed by atoms with Crippen LogP contribution in [0, 0.1) is 0 Å². The number of benzene rings is 1. The molecule has 0 amide bonds. The van der Waals surface area contributed by atoms with E-state index in [1.165, 1.54) is 0 Å². The van der Waals surface area contributed by atoms with E-state index in [2.05, 4.69) is 9.98 Å². The predicted molar refractivity (Wildman–Crippen MR) is 63.3 cm³/mol. The summed E-state index contributed by atoms with van der Waals surface area (Å²) in [5.41, 5.74) is 1.90. The summed E-state index contributed by atoms with van der Waals surface area (Å²) in [6.45, 7) is 1.40. The summed E-state index contributed by atoms with van der Waals surface area (Å²) >= 11 is 0. The minimum Gasteiger partial charge on any atom is -0.481 e. The lowest BCUT2D eigenvalue weighted by Gasteiger charge is -2.06. The van der Waals surface area contributed by atoms with Gasteiger partial charge in [-0.05, 0) is 18.2 Å². The van der Waals surface area contributed by atoms with Crippen LogP contribution in [0.3, 0.4) is 0 Å². The molecule has 1 aliphatic rings. The Bertz CT molecular complexity index is 421. The van der Waals surface area contributed by atoms with Crippen molar-refractivity contribution in [3.05, 3.63) is 35.4 Å². The van der Waals surface area contributed by atoms with Gasteiger partial charge in [0.25, 0.3) is 0 Å². The Morgan fingerprint density at radius 2 is 2.38 bits per heavy atom. The van der Waals surface area contributed by atoms with E-state index in [4.69, 9.17) is 9.47 Å². The standard InChI is InChI=1S/C12H14N2O2/c1-13-11(15-2)9-4-3-5-10(8-9)12-14-6-7-16-12/h3-5,8H,6-7H2,1-2H3. The molecule has 16 heavy (non-hydrogen) atoms. The van der Waals surface area contributed by atoms with Crippen LogP contribution < -0.4 is 0 Å². The molecule has 0 saturated carbocycles. The molecule has 0 saturated heterocycles. The summed E-state index contributed by atoms with van der Waals surface area (Å²) < 4.78 is 10.6. The average molecular weight is 218 g/mol. The highest BCUT2D eigenvalue weighted by atomic mass is 16.5. The molecule has 0 bridgehead atoms. The van der Waals surface area contributed by atoms with E-state index in [1.54, 1.807) is 14.2 Å². The fraction of sp³-hybridized carbons (Fsp3) is 0.333. The second-order valence-electron chi connectivity index (χ2n) is 3.35. The summed E-state index contributed by atoms with van der Waals surface area (Å²) in [6.07, 6.45) is 0. The van der Waals surface area contributed by atoms with E-state index < -0.39 is 0 Å². The number of aliphatic imine (C=N–C) groups is 2. The average Bonchev–Trinajstić information content (AvgIpc) is 2.85. The number of ether oxygens (including phenoxy) is 2. The lowest BCUT2D eigenvalue weighted by Crippen LogP contribution is -2.06. The second-order valence-corrected chi connectivity index (χ2v) is 3.35. The third kappa shape index (κ3) is 2.05. The molecule has 4 nitrogen and oxygen atoms in total. The van der Waals surface area contributed by atoms with E-state index >= 15 is 0 Å². The molecule has 0 radical (unpaired) electrons. The van der Waals surface area contributed by atoms with E-state index in [0.717, 1.165) is 17.7 Å². The van der Waals surface area contributed by atoms with Crippen molar-refractivity contribution >= 4 is 11.8 Å². The molecule has 84 valence electrons. The number of methoxy groups -OCH3 is 1. The lowest BCUT2D eigenvalue weighted by atomic mass is 10.1. The van der Waals surface area contributed by atoms with Crippen LogP contribution in [0.1, 0.15) is 11.1 Å². The monoisotopic (exact) mass is 218 g/mol. The van der Waals surface area contributed by atoms with Crippen LogP contribution in [0.4, 0.5) is 0 Å². The first-order valence-corrected chi connectivity index (χ1v) is 5.14. The Hall–Kier alpha value is -1.84. The Kier molecular flexibility index (Phi) is 3.19. The summed E-state index contributed by atoms with van der Waals surface area (Å²) in [5.74, 6) is 1.31. The molecule has 0 N–H and O–H groups in total. The van der Waals surface area contributed by atoms with E-state index in [1.807, 2.05) is 24.3 Å². The third-order valence-corrected chi connectivity index (χ3v) is 2.34. The molecule has 4 heteroatoms. The smallest absolute Gasteiger partial charge is 0.216 e. The zero-order valence-electron chi connectivity index (χ0n) is 9.43. The molecule has 0 aromatic heterocycles. The molecule has 1 aromatic rings. The van der Waals surface area contributed by atoms with E-state index in [9.17, 15) is 0 Å². The molecule has 1 aliphatic heterocycles. The van der Waals surface area contributed by atoms with Crippen LogP contribution in [-0.4, -0.2) is 39.1 Å². The Labute approximate surface area is 94.6 Å². The molecule has 0 unspecified atom stereocenters. The summed E-state index contributed by atoms with van der Waals surface area (Å²) in [4.78, 5) is 8.33. The first kappa shape index (κ1) is 10.7. The maximum atomic E-state index is 5.41. The van der Waals surface area contributed by atoms with Crippen LogP contribution in [0.2, 0.25) is 0 Å².